The van der Waals surface area contributed by atoms with Crippen LogP contribution in [0.1, 0.15) is 27.7 Å². The molecule has 0 saturated carbocycles. The second-order valence-electron chi connectivity index (χ2n) is 5.29. The minimum atomic E-state index is -4.46. The van der Waals surface area contributed by atoms with Crippen molar-refractivity contribution in [1.29, 1.82) is 0 Å². The van der Waals surface area contributed by atoms with E-state index in [9.17, 15) is 26.7 Å². The van der Waals surface area contributed by atoms with Crippen LogP contribution in [0.5, 0.6) is 0 Å². The Morgan fingerprint density at radius 1 is 1.21 bits per heavy atom. The lowest BCUT2D eigenvalue weighted by atomic mass is 10.1. The number of halogens is 3. The fourth-order valence-corrected chi connectivity index (χ4v) is 4.14. The molecule has 2 rings (SSSR count). The van der Waals surface area contributed by atoms with Gasteiger partial charge in [-0.15, -0.1) is 11.3 Å². The molecular formula is C15H16F3NO3S2. The summed E-state index contributed by atoms with van der Waals surface area (Å²) in [6.07, 6.45) is -5.43. The molecule has 0 radical (unpaired) electrons. The van der Waals surface area contributed by atoms with Gasteiger partial charge in [-0.3, -0.25) is 0 Å². The monoisotopic (exact) mass is 379 g/mol. The molecule has 2 aromatic rings. The van der Waals surface area contributed by atoms with Crippen molar-refractivity contribution in [2.45, 2.75) is 25.0 Å². The topological polar surface area (TPSA) is 66.4 Å². The maximum absolute atomic E-state index is 12.5. The molecule has 1 atom stereocenters. The van der Waals surface area contributed by atoms with Crippen LogP contribution in [0.15, 0.2) is 35.7 Å². The van der Waals surface area contributed by atoms with Gasteiger partial charge in [-0.05, 0) is 41.6 Å². The number of hydrogen-bond acceptors (Lipinski definition) is 4. The molecule has 0 aliphatic carbocycles. The van der Waals surface area contributed by atoms with Crippen molar-refractivity contribution in [2.24, 2.45) is 0 Å². The Hall–Kier alpha value is -1.42. The largest absolute Gasteiger partial charge is 0.416 e. The molecule has 0 bridgehead atoms. The van der Waals surface area contributed by atoms with E-state index in [4.69, 9.17) is 0 Å². The maximum atomic E-state index is 12.5. The van der Waals surface area contributed by atoms with Crippen LogP contribution >= 0.6 is 11.3 Å². The molecule has 9 heteroatoms. The smallest absolute Gasteiger partial charge is 0.386 e. The van der Waals surface area contributed by atoms with Crippen LogP contribution in [0, 0.1) is 6.92 Å². The predicted molar refractivity (Wildman–Crippen MR) is 86.1 cm³/mol. The van der Waals surface area contributed by atoms with E-state index in [2.05, 4.69) is 4.72 Å². The number of hydrogen-bond donors (Lipinski definition) is 2. The SMILES string of the molecule is Cc1ccsc1C(O)CNS(=O)(=O)Cc1ccc(C(F)(F)F)cc1. The van der Waals surface area contributed by atoms with Gasteiger partial charge in [-0.2, -0.15) is 13.2 Å². The van der Waals surface area contributed by atoms with E-state index in [1.807, 2.05) is 13.0 Å². The van der Waals surface area contributed by atoms with E-state index in [0.717, 1.165) is 29.8 Å². The number of aliphatic hydroxyl groups excluding tert-OH is 1. The molecule has 1 unspecified atom stereocenters. The Kier molecular flexibility index (Phi) is 5.69. The standard InChI is InChI=1S/C15H16F3NO3S2/c1-10-6-7-23-14(10)13(20)8-19-24(21,22)9-11-2-4-12(5-3-11)15(16,17)18/h2-7,13,19-20H,8-9H2,1H3. The van der Waals surface area contributed by atoms with E-state index >= 15 is 0 Å². The van der Waals surface area contributed by atoms with Gasteiger partial charge in [0.1, 0.15) is 6.10 Å². The summed E-state index contributed by atoms with van der Waals surface area (Å²) in [6, 6.07) is 5.76. The lowest BCUT2D eigenvalue weighted by molar-refractivity contribution is -0.137. The Bertz CT molecular complexity index is 783. The van der Waals surface area contributed by atoms with Gasteiger partial charge in [0.15, 0.2) is 0 Å². The van der Waals surface area contributed by atoms with Gasteiger partial charge in [0.2, 0.25) is 10.0 Å². The number of thiophene rings is 1. The van der Waals surface area contributed by atoms with E-state index < -0.39 is 33.6 Å². The second-order valence-corrected chi connectivity index (χ2v) is 8.04. The van der Waals surface area contributed by atoms with Gasteiger partial charge in [0, 0.05) is 11.4 Å². The second kappa shape index (κ2) is 7.22. The minimum absolute atomic E-state index is 0.190. The summed E-state index contributed by atoms with van der Waals surface area (Å²) < 4.78 is 63.7. The summed E-state index contributed by atoms with van der Waals surface area (Å²) in [7, 11) is -3.77. The lowest BCUT2D eigenvalue weighted by Crippen LogP contribution is -2.29. The highest BCUT2D eigenvalue weighted by atomic mass is 32.2. The molecule has 0 aliphatic rings. The molecule has 24 heavy (non-hydrogen) atoms. The van der Waals surface area contributed by atoms with Crippen LogP contribution in [0.2, 0.25) is 0 Å². The van der Waals surface area contributed by atoms with Gasteiger partial charge in [0.25, 0.3) is 0 Å². The minimum Gasteiger partial charge on any atom is -0.386 e. The predicted octanol–water partition coefficient (Wildman–Crippen LogP) is 3.23. The fourth-order valence-electron chi connectivity index (χ4n) is 2.08. The van der Waals surface area contributed by atoms with Gasteiger partial charge >= 0.3 is 6.18 Å². The van der Waals surface area contributed by atoms with Crippen molar-refractivity contribution >= 4 is 21.4 Å². The number of sulfonamides is 1. The van der Waals surface area contributed by atoms with Crippen molar-refractivity contribution in [3.05, 3.63) is 57.3 Å². The molecule has 1 aromatic carbocycles. The summed E-state index contributed by atoms with van der Waals surface area (Å²) >= 11 is 1.32. The van der Waals surface area contributed by atoms with Crippen molar-refractivity contribution < 1.29 is 26.7 Å². The van der Waals surface area contributed by atoms with Crippen LogP contribution in [0.4, 0.5) is 13.2 Å². The van der Waals surface area contributed by atoms with Gasteiger partial charge in [-0.25, -0.2) is 13.1 Å². The fraction of sp³-hybridized carbons (Fsp3) is 0.333. The van der Waals surface area contributed by atoms with Crippen LogP contribution < -0.4 is 4.72 Å². The maximum Gasteiger partial charge on any atom is 0.416 e. The number of aryl methyl sites for hydroxylation is 1. The molecule has 0 saturated heterocycles. The summed E-state index contributed by atoms with van der Waals surface area (Å²) in [4.78, 5) is 0.673. The highest BCUT2D eigenvalue weighted by Crippen LogP contribution is 2.29. The highest BCUT2D eigenvalue weighted by molar-refractivity contribution is 7.88. The van der Waals surface area contributed by atoms with Gasteiger partial charge in [-0.1, -0.05) is 12.1 Å². The van der Waals surface area contributed by atoms with Gasteiger partial charge < -0.3 is 5.11 Å². The quantitative estimate of drug-likeness (QED) is 0.810. The van der Waals surface area contributed by atoms with Crippen LogP contribution in [-0.4, -0.2) is 20.1 Å². The molecule has 0 amide bonds. The van der Waals surface area contributed by atoms with E-state index in [1.54, 1.807) is 5.38 Å². The first kappa shape index (κ1) is 18.9. The average molecular weight is 379 g/mol. The first-order valence-corrected chi connectivity index (χ1v) is 9.47. The first-order valence-electron chi connectivity index (χ1n) is 6.94. The molecule has 132 valence electrons. The molecule has 1 aromatic heterocycles. The van der Waals surface area contributed by atoms with Crippen molar-refractivity contribution in [3.8, 4) is 0 Å². The first-order chi connectivity index (χ1) is 11.1. The number of benzene rings is 1. The number of nitrogens with one attached hydrogen (secondary N) is 1. The van der Waals surface area contributed by atoms with Crippen LogP contribution in [-0.2, 0) is 22.0 Å². The number of aliphatic hydroxyl groups is 1. The lowest BCUT2D eigenvalue weighted by Gasteiger charge is -2.12. The van der Waals surface area contributed by atoms with Crippen molar-refractivity contribution in [3.63, 3.8) is 0 Å². The van der Waals surface area contributed by atoms with Crippen molar-refractivity contribution in [2.75, 3.05) is 6.54 Å². The van der Waals surface area contributed by atoms with Crippen LogP contribution in [0.25, 0.3) is 0 Å². The molecule has 4 nitrogen and oxygen atoms in total. The van der Waals surface area contributed by atoms with Crippen molar-refractivity contribution in [1.82, 2.24) is 4.72 Å². The third-order valence-electron chi connectivity index (χ3n) is 3.34. The summed E-state index contributed by atoms with van der Waals surface area (Å²) in [5, 5.41) is 11.8. The normalized spacial score (nSPS) is 13.9. The number of alkyl halides is 3. The van der Waals surface area contributed by atoms with E-state index in [1.165, 1.54) is 11.3 Å². The van der Waals surface area contributed by atoms with Crippen LogP contribution in [0.3, 0.4) is 0 Å². The molecule has 0 fully saturated rings. The Morgan fingerprint density at radius 2 is 1.83 bits per heavy atom. The van der Waals surface area contributed by atoms with Gasteiger partial charge in [0.05, 0.1) is 11.3 Å². The molecule has 0 aliphatic heterocycles. The summed E-state index contributed by atoms with van der Waals surface area (Å²) in [5.74, 6) is -0.457. The third kappa shape index (κ3) is 5.04. The molecular weight excluding hydrogens is 363 g/mol. The number of rotatable bonds is 6. The zero-order valence-electron chi connectivity index (χ0n) is 12.7. The average Bonchev–Trinajstić information content (AvgIpc) is 2.90. The van der Waals surface area contributed by atoms with E-state index in [-0.39, 0.29) is 12.1 Å². The Balaban J connectivity index is 1.97. The molecule has 1 heterocycles. The summed E-state index contributed by atoms with van der Waals surface area (Å²) in [6.45, 7) is 1.62. The molecule has 2 N–H and O–H groups in total. The third-order valence-corrected chi connectivity index (χ3v) is 5.78. The van der Waals surface area contributed by atoms with E-state index in [0.29, 0.717) is 4.88 Å². The molecule has 0 spiro atoms. The zero-order chi connectivity index (χ0) is 18.0. The summed E-state index contributed by atoms with van der Waals surface area (Å²) in [5.41, 5.74) is 0.270. The zero-order valence-corrected chi connectivity index (χ0v) is 14.3. The Morgan fingerprint density at radius 3 is 2.33 bits per heavy atom. The Labute approximate surface area is 142 Å². The highest BCUT2D eigenvalue weighted by Gasteiger charge is 2.30.